The summed E-state index contributed by atoms with van der Waals surface area (Å²) in [6.45, 7) is 1.98. The van der Waals surface area contributed by atoms with Gasteiger partial charge in [-0.2, -0.15) is 0 Å². The lowest BCUT2D eigenvalue weighted by Gasteiger charge is -2.16. The fourth-order valence-electron chi connectivity index (χ4n) is 1.66. The molecule has 1 fully saturated rings. The molecule has 1 saturated carbocycles. The quantitative estimate of drug-likeness (QED) is 0.798. The number of amides is 1. The molecule has 1 aliphatic rings. The molecule has 0 radical (unpaired) electrons. The lowest BCUT2D eigenvalue weighted by atomic mass is 10.3. The Bertz CT molecular complexity index is 362. The standard InChI is InChI=1S/C13H19N3O/c1-16(10-12-4-2-3-7-15-12)13(17)9-14-8-11-5-6-11/h2-4,7,11,14H,5-6,8-10H2,1H3. The summed E-state index contributed by atoms with van der Waals surface area (Å²) >= 11 is 0. The van der Waals surface area contributed by atoms with Crippen LogP contribution in [0, 0.1) is 5.92 Å². The number of carbonyl (C=O) groups excluding carboxylic acids is 1. The lowest BCUT2D eigenvalue weighted by molar-refractivity contribution is -0.129. The van der Waals surface area contributed by atoms with E-state index in [1.165, 1.54) is 12.8 Å². The van der Waals surface area contributed by atoms with Crippen molar-refractivity contribution in [3.05, 3.63) is 30.1 Å². The van der Waals surface area contributed by atoms with Gasteiger partial charge in [-0.15, -0.1) is 0 Å². The zero-order chi connectivity index (χ0) is 12.1. The fraction of sp³-hybridized carbons (Fsp3) is 0.538. The van der Waals surface area contributed by atoms with E-state index in [1.807, 2.05) is 25.2 Å². The maximum atomic E-state index is 11.8. The van der Waals surface area contributed by atoms with Crippen molar-refractivity contribution in [2.75, 3.05) is 20.1 Å². The van der Waals surface area contributed by atoms with Crippen LogP contribution in [0.15, 0.2) is 24.4 Å². The van der Waals surface area contributed by atoms with Crippen LogP contribution in [0.4, 0.5) is 0 Å². The van der Waals surface area contributed by atoms with Crippen molar-refractivity contribution >= 4 is 5.91 Å². The fourth-order valence-corrected chi connectivity index (χ4v) is 1.66. The number of likely N-dealkylation sites (N-methyl/N-ethyl adjacent to an activating group) is 1. The van der Waals surface area contributed by atoms with Crippen molar-refractivity contribution in [3.8, 4) is 0 Å². The summed E-state index contributed by atoms with van der Waals surface area (Å²) < 4.78 is 0. The van der Waals surface area contributed by atoms with E-state index in [2.05, 4.69) is 10.3 Å². The van der Waals surface area contributed by atoms with E-state index in [4.69, 9.17) is 0 Å². The molecule has 1 N–H and O–H groups in total. The Morgan fingerprint density at radius 3 is 3.00 bits per heavy atom. The molecular weight excluding hydrogens is 214 g/mol. The highest BCUT2D eigenvalue weighted by atomic mass is 16.2. The van der Waals surface area contributed by atoms with E-state index < -0.39 is 0 Å². The number of rotatable bonds is 6. The molecule has 92 valence electrons. The van der Waals surface area contributed by atoms with Crippen LogP contribution in [-0.4, -0.2) is 35.9 Å². The maximum Gasteiger partial charge on any atom is 0.236 e. The molecule has 1 heterocycles. The molecule has 4 heteroatoms. The van der Waals surface area contributed by atoms with Crippen molar-refractivity contribution in [3.63, 3.8) is 0 Å². The molecule has 1 aliphatic carbocycles. The Labute approximate surface area is 102 Å². The van der Waals surface area contributed by atoms with Crippen LogP contribution in [0.2, 0.25) is 0 Å². The Hall–Kier alpha value is -1.42. The molecule has 17 heavy (non-hydrogen) atoms. The van der Waals surface area contributed by atoms with Crippen LogP contribution >= 0.6 is 0 Å². The van der Waals surface area contributed by atoms with E-state index >= 15 is 0 Å². The van der Waals surface area contributed by atoms with Gasteiger partial charge in [-0.1, -0.05) is 6.07 Å². The highest BCUT2D eigenvalue weighted by molar-refractivity contribution is 5.77. The predicted molar refractivity (Wildman–Crippen MR) is 66.3 cm³/mol. The molecule has 0 aliphatic heterocycles. The summed E-state index contributed by atoms with van der Waals surface area (Å²) in [7, 11) is 1.82. The normalized spacial score (nSPS) is 14.6. The Morgan fingerprint density at radius 2 is 2.35 bits per heavy atom. The zero-order valence-corrected chi connectivity index (χ0v) is 10.2. The molecule has 1 amide bonds. The summed E-state index contributed by atoms with van der Waals surface area (Å²) in [4.78, 5) is 17.7. The second kappa shape index (κ2) is 5.77. The van der Waals surface area contributed by atoms with Gasteiger partial charge in [0.25, 0.3) is 0 Å². The van der Waals surface area contributed by atoms with Crippen molar-refractivity contribution in [2.24, 2.45) is 5.92 Å². The third-order valence-corrected chi connectivity index (χ3v) is 2.96. The molecule has 0 atom stereocenters. The van der Waals surface area contributed by atoms with Gasteiger partial charge in [0.05, 0.1) is 18.8 Å². The van der Waals surface area contributed by atoms with Gasteiger partial charge in [0.1, 0.15) is 0 Å². The number of nitrogens with one attached hydrogen (secondary N) is 1. The molecule has 2 rings (SSSR count). The van der Waals surface area contributed by atoms with Crippen LogP contribution in [0.1, 0.15) is 18.5 Å². The van der Waals surface area contributed by atoms with E-state index in [-0.39, 0.29) is 5.91 Å². The number of carbonyl (C=O) groups is 1. The van der Waals surface area contributed by atoms with E-state index in [9.17, 15) is 4.79 Å². The van der Waals surface area contributed by atoms with Gasteiger partial charge in [-0.05, 0) is 37.4 Å². The molecule has 0 bridgehead atoms. The maximum absolute atomic E-state index is 11.8. The molecule has 0 spiro atoms. The topological polar surface area (TPSA) is 45.2 Å². The molecule has 0 unspecified atom stereocenters. The molecule has 0 aromatic carbocycles. The van der Waals surface area contributed by atoms with E-state index in [0.717, 1.165) is 18.2 Å². The highest BCUT2D eigenvalue weighted by Crippen LogP contribution is 2.27. The van der Waals surface area contributed by atoms with Crippen LogP contribution < -0.4 is 5.32 Å². The highest BCUT2D eigenvalue weighted by Gasteiger charge is 2.21. The second-order valence-corrected chi connectivity index (χ2v) is 4.65. The van der Waals surface area contributed by atoms with Crippen LogP contribution in [0.25, 0.3) is 0 Å². The average molecular weight is 233 g/mol. The van der Waals surface area contributed by atoms with Gasteiger partial charge >= 0.3 is 0 Å². The van der Waals surface area contributed by atoms with Crippen LogP contribution in [0.3, 0.4) is 0 Å². The summed E-state index contributed by atoms with van der Waals surface area (Å²) in [6, 6.07) is 5.75. The minimum Gasteiger partial charge on any atom is -0.339 e. The van der Waals surface area contributed by atoms with Crippen molar-refractivity contribution < 1.29 is 4.79 Å². The number of hydrogen-bond donors (Lipinski definition) is 1. The SMILES string of the molecule is CN(Cc1ccccn1)C(=O)CNCC1CC1. The first kappa shape index (κ1) is 12.0. The average Bonchev–Trinajstić information content (AvgIpc) is 3.14. The van der Waals surface area contributed by atoms with Gasteiger partial charge in [-0.25, -0.2) is 0 Å². The van der Waals surface area contributed by atoms with Gasteiger partial charge in [0, 0.05) is 13.2 Å². The first-order valence-electron chi connectivity index (χ1n) is 6.10. The van der Waals surface area contributed by atoms with Crippen LogP contribution in [0.5, 0.6) is 0 Å². The van der Waals surface area contributed by atoms with Crippen molar-refractivity contribution in [2.45, 2.75) is 19.4 Å². The Morgan fingerprint density at radius 1 is 1.53 bits per heavy atom. The van der Waals surface area contributed by atoms with Gasteiger partial charge in [0.2, 0.25) is 5.91 Å². The number of hydrogen-bond acceptors (Lipinski definition) is 3. The molecule has 1 aromatic rings. The van der Waals surface area contributed by atoms with Crippen molar-refractivity contribution in [1.82, 2.24) is 15.2 Å². The largest absolute Gasteiger partial charge is 0.339 e. The third-order valence-electron chi connectivity index (χ3n) is 2.96. The first-order valence-corrected chi connectivity index (χ1v) is 6.10. The van der Waals surface area contributed by atoms with Crippen molar-refractivity contribution in [1.29, 1.82) is 0 Å². The van der Waals surface area contributed by atoms with E-state index in [0.29, 0.717) is 13.1 Å². The van der Waals surface area contributed by atoms with Gasteiger partial charge in [0.15, 0.2) is 0 Å². The van der Waals surface area contributed by atoms with Gasteiger partial charge < -0.3 is 10.2 Å². The minimum atomic E-state index is 0.122. The monoisotopic (exact) mass is 233 g/mol. The molecular formula is C13H19N3O. The number of pyridine rings is 1. The molecule has 4 nitrogen and oxygen atoms in total. The summed E-state index contributed by atoms with van der Waals surface area (Å²) in [5, 5.41) is 3.20. The van der Waals surface area contributed by atoms with E-state index in [1.54, 1.807) is 11.1 Å². The smallest absolute Gasteiger partial charge is 0.236 e. The summed E-state index contributed by atoms with van der Waals surface area (Å²) in [5.41, 5.74) is 0.922. The van der Waals surface area contributed by atoms with Crippen LogP contribution in [-0.2, 0) is 11.3 Å². The second-order valence-electron chi connectivity index (χ2n) is 4.65. The molecule has 1 aromatic heterocycles. The van der Waals surface area contributed by atoms with Gasteiger partial charge in [-0.3, -0.25) is 9.78 Å². The zero-order valence-electron chi connectivity index (χ0n) is 10.2. The lowest BCUT2D eigenvalue weighted by Crippen LogP contribution is -2.36. The minimum absolute atomic E-state index is 0.122. The number of nitrogens with zero attached hydrogens (tertiary/aromatic N) is 2. The summed E-state index contributed by atoms with van der Waals surface area (Å²) in [6.07, 6.45) is 4.37. The first-order chi connectivity index (χ1) is 8.25. The Kier molecular flexibility index (Phi) is 4.09. The number of aromatic nitrogens is 1. The third kappa shape index (κ3) is 4.15. The Balaban J connectivity index is 1.70. The molecule has 0 saturated heterocycles. The summed E-state index contributed by atoms with van der Waals surface area (Å²) in [5.74, 6) is 0.931. The predicted octanol–water partition coefficient (Wildman–Crippen LogP) is 1.04.